The van der Waals surface area contributed by atoms with E-state index >= 15 is 0 Å². The van der Waals surface area contributed by atoms with Crippen molar-refractivity contribution in [3.05, 3.63) is 78.4 Å². The van der Waals surface area contributed by atoms with E-state index < -0.39 is 0 Å². The van der Waals surface area contributed by atoms with Crippen LogP contribution in [0.1, 0.15) is 10.4 Å². The number of rotatable bonds is 9. The Balaban J connectivity index is 1.13. The van der Waals surface area contributed by atoms with E-state index in [2.05, 4.69) is 25.7 Å². The highest BCUT2D eigenvalue weighted by Crippen LogP contribution is 2.26. The number of amides is 2. The molecule has 0 spiro atoms. The molecule has 0 atom stereocenters. The summed E-state index contributed by atoms with van der Waals surface area (Å²) in [6, 6.07) is 22.4. The molecule has 0 aliphatic carbocycles. The van der Waals surface area contributed by atoms with Gasteiger partial charge in [0.25, 0.3) is 5.91 Å². The first-order valence-electron chi connectivity index (χ1n) is 12.7. The van der Waals surface area contributed by atoms with Crippen LogP contribution in [-0.4, -0.2) is 83.1 Å². The molecule has 40 heavy (non-hydrogen) atoms. The Labute approximate surface area is 236 Å². The molecule has 1 aliphatic rings. The van der Waals surface area contributed by atoms with Crippen LogP contribution >= 0.6 is 11.8 Å². The van der Waals surface area contributed by atoms with Crippen molar-refractivity contribution in [1.29, 1.82) is 0 Å². The predicted octanol–water partition coefficient (Wildman–Crippen LogP) is 3.37. The number of tetrazole rings is 1. The fourth-order valence-electron chi connectivity index (χ4n) is 4.47. The molecule has 1 saturated heterocycles. The van der Waals surface area contributed by atoms with Crippen molar-refractivity contribution in [2.75, 3.05) is 56.4 Å². The number of ether oxygens (including phenoxy) is 2. The summed E-state index contributed by atoms with van der Waals surface area (Å²) in [6.07, 6.45) is 0. The Morgan fingerprint density at radius 3 is 2.27 bits per heavy atom. The molecule has 4 aromatic rings. The van der Waals surface area contributed by atoms with Crippen molar-refractivity contribution in [2.45, 2.75) is 5.16 Å². The van der Waals surface area contributed by atoms with E-state index in [0.29, 0.717) is 59.8 Å². The average molecular weight is 560 g/mol. The third-order valence-electron chi connectivity index (χ3n) is 6.51. The normalized spacial score (nSPS) is 13.2. The van der Waals surface area contributed by atoms with Gasteiger partial charge in [0.05, 0.1) is 25.5 Å². The maximum absolute atomic E-state index is 13.0. The van der Waals surface area contributed by atoms with Crippen molar-refractivity contribution in [1.82, 2.24) is 25.1 Å². The topological polar surface area (TPSA) is 115 Å². The molecule has 206 valence electrons. The van der Waals surface area contributed by atoms with Crippen LogP contribution < -0.4 is 19.7 Å². The number of anilines is 2. The smallest absolute Gasteiger partial charge is 0.257 e. The lowest BCUT2D eigenvalue weighted by molar-refractivity contribution is -0.113. The molecule has 1 aromatic heterocycles. The summed E-state index contributed by atoms with van der Waals surface area (Å²) in [6.45, 7) is 2.65. The summed E-state index contributed by atoms with van der Waals surface area (Å²) >= 11 is 1.24. The zero-order valence-corrected chi connectivity index (χ0v) is 23.0. The van der Waals surface area contributed by atoms with Gasteiger partial charge in [-0.3, -0.25) is 9.59 Å². The average Bonchev–Trinajstić information content (AvgIpc) is 3.48. The maximum atomic E-state index is 13.0. The molecule has 1 N–H and O–H groups in total. The Hall–Kier alpha value is -4.58. The van der Waals surface area contributed by atoms with Crippen LogP contribution in [0.2, 0.25) is 0 Å². The Kier molecular flexibility index (Phi) is 8.45. The lowest BCUT2D eigenvalue weighted by Gasteiger charge is -2.36. The molecule has 0 unspecified atom stereocenters. The number of aromatic nitrogens is 4. The second kappa shape index (κ2) is 12.5. The minimum atomic E-state index is -0.171. The quantitative estimate of drug-likeness (QED) is 0.308. The lowest BCUT2D eigenvalue weighted by Crippen LogP contribution is -2.48. The molecule has 2 heterocycles. The van der Waals surface area contributed by atoms with E-state index in [1.54, 1.807) is 31.0 Å². The van der Waals surface area contributed by atoms with Crippen molar-refractivity contribution < 1.29 is 19.1 Å². The highest BCUT2D eigenvalue weighted by atomic mass is 32.2. The molecule has 1 fully saturated rings. The maximum Gasteiger partial charge on any atom is 0.257 e. The zero-order valence-electron chi connectivity index (χ0n) is 22.2. The number of hydrogen-bond acceptors (Lipinski definition) is 9. The molecule has 0 radical (unpaired) electrons. The first-order chi connectivity index (χ1) is 19.6. The number of thioether (sulfide) groups is 1. The van der Waals surface area contributed by atoms with Crippen molar-refractivity contribution in [3.8, 4) is 17.2 Å². The van der Waals surface area contributed by atoms with Crippen LogP contribution in [-0.2, 0) is 4.79 Å². The van der Waals surface area contributed by atoms with Crippen LogP contribution in [0.15, 0.2) is 78.0 Å². The minimum absolute atomic E-state index is 0.0232. The van der Waals surface area contributed by atoms with Crippen LogP contribution in [0.25, 0.3) is 5.69 Å². The number of carbonyl (C=O) groups excluding carboxylic acids is 2. The van der Waals surface area contributed by atoms with Gasteiger partial charge >= 0.3 is 0 Å². The van der Waals surface area contributed by atoms with Crippen molar-refractivity contribution in [2.24, 2.45) is 0 Å². The SMILES string of the molecule is COc1ccccc1C(=O)N1CCN(c2ccc(NC(=O)CSc3nnnn3-c3ccccc3OC)cc2)CC1. The summed E-state index contributed by atoms with van der Waals surface area (Å²) in [5.74, 6) is 1.16. The van der Waals surface area contributed by atoms with E-state index in [9.17, 15) is 9.59 Å². The van der Waals surface area contributed by atoms with Gasteiger partial charge in [-0.25, -0.2) is 0 Å². The van der Waals surface area contributed by atoms with E-state index in [1.807, 2.05) is 65.6 Å². The monoisotopic (exact) mass is 559 g/mol. The third-order valence-corrected chi connectivity index (χ3v) is 7.43. The summed E-state index contributed by atoms with van der Waals surface area (Å²) in [7, 11) is 3.15. The van der Waals surface area contributed by atoms with Crippen molar-refractivity contribution in [3.63, 3.8) is 0 Å². The molecular formula is C28H29N7O4S. The molecule has 11 nitrogen and oxygen atoms in total. The van der Waals surface area contributed by atoms with Gasteiger partial charge in [-0.2, -0.15) is 4.68 Å². The number of nitrogens with one attached hydrogen (secondary N) is 1. The van der Waals surface area contributed by atoms with Crippen LogP contribution in [0, 0.1) is 0 Å². The van der Waals surface area contributed by atoms with E-state index in [-0.39, 0.29) is 17.6 Å². The fraction of sp³-hybridized carbons (Fsp3) is 0.250. The highest BCUT2D eigenvalue weighted by Gasteiger charge is 2.24. The predicted molar refractivity (Wildman–Crippen MR) is 153 cm³/mol. The third kappa shape index (κ3) is 6.01. The molecule has 12 heteroatoms. The molecule has 3 aromatic carbocycles. The van der Waals surface area contributed by atoms with Crippen LogP contribution in [0.5, 0.6) is 11.5 Å². The second-order valence-electron chi connectivity index (χ2n) is 8.91. The number of para-hydroxylation sites is 3. The van der Waals surface area contributed by atoms with E-state index in [4.69, 9.17) is 9.47 Å². The van der Waals surface area contributed by atoms with Crippen molar-refractivity contribution >= 4 is 35.0 Å². The van der Waals surface area contributed by atoms with Crippen LogP contribution in [0.3, 0.4) is 0 Å². The van der Waals surface area contributed by atoms with E-state index in [1.165, 1.54) is 11.8 Å². The lowest BCUT2D eigenvalue weighted by atomic mass is 10.1. The Morgan fingerprint density at radius 1 is 0.875 bits per heavy atom. The van der Waals surface area contributed by atoms with Gasteiger partial charge in [-0.05, 0) is 59.0 Å². The first kappa shape index (κ1) is 27.0. The Bertz CT molecular complexity index is 1470. The number of piperazine rings is 1. The second-order valence-corrected chi connectivity index (χ2v) is 9.85. The van der Waals surface area contributed by atoms with Gasteiger partial charge in [-0.15, -0.1) is 5.10 Å². The first-order valence-corrected chi connectivity index (χ1v) is 13.7. The Morgan fingerprint density at radius 2 is 1.55 bits per heavy atom. The molecule has 1 aliphatic heterocycles. The number of hydrogen-bond donors (Lipinski definition) is 1. The molecule has 2 amide bonds. The molecule has 0 bridgehead atoms. The summed E-state index contributed by atoms with van der Waals surface area (Å²) in [5, 5.41) is 15.2. The molecule has 0 saturated carbocycles. The van der Waals surface area contributed by atoms with Gasteiger partial charge in [0.15, 0.2) is 0 Å². The largest absolute Gasteiger partial charge is 0.496 e. The minimum Gasteiger partial charge on any atom is -0.496 e. The highest BCUT2D eigenvalue weighted by molar-refractivity contribution is 7.99. The fourth-order valence-corrected chi connectivity index (χ4v) is 5.15. The van der Waals surface area contributed by atoms with Gasteiger partial charge in [0, 0.05) is 37.6 Å². The summed E-state index contributed by atoms with van der Waals surface area (Å²) in [5.41, 5.74) is 3.00. The zero-order chi connectivity index (χ0) is 27.9. The summed E-state index contributed by atoms with van der Waals surface area (Å²) < 4.78 is 12.3. The summed E-state index contributed by atoms with van der Waals surface area (Å²) in [4.78, 5) is 29.7. The van der Waals surface area contributed by atoms with Crippen LogP contribution in [0.4, 0.5) is 11.4 Å². The van der Waals surface area contributed by atoms with Gasteiger partial charge in [0.2, 0.25) is 11.1 Å². The number of nitrogens with zero attached hydrogens (tertiary/aromatic N) is 6. The van der Waals surface area contributed by atoms with Gasteiger partial charge < -0.3 is 24.6 Å². The number of methoxy groups -OCH3 is 2. The molecule has 5 rings (SSSR count). The standard InChI is InChI=1S/C28H29N7O4S/c1-38-24-9-5-3-7-22(24)27(37)34-17-15-33(16-18-34)21-13-11-20(12-14-21)29-26(36)19-40-28-30-31-32-35(28)23-8-4-6-10-25(23)39-2/h3-14H,15-19H2,1-2H3,(H,29,36). The van der Waals surface area contributed by atoms with E-state index in [0.717, 1.165) is 5.69 Å². The number of benzene rings is 3. The van der Waals surface area contributed by atoms with Gasteiger partial charge in [-0.1, -0.05) is 36.0 Å². The number of carbonyl (C=O) groups is 2. The van der Waals surface area contributed by atoms with Gasteiger partial charge in [0.1, 0.15) is 17.2 Å². The molecular weight excluding hydrogens is 530 g/mol.